The number of hydrogen-bond donors (Lipinski definition) is 1. The van der Waals surface area contributed by atoms with Gasteiger partial charge >= 0.3 is 0 Å². The number of furan rings is 2. The molecule has 3 rings (SSSR count). The van der Waals surface area contributed by atoms with Crippen molar-refractivity contribution >= 4 is 11.0 Å². The molecule has 0 saturated carbocycles. The van der Waals surface area contributed by atoms with Gasteiger partial charge in [0.2, 0.25) is 0 Å². The largest absolute Gasteiger partial charge is 0.467 e. The normalized spacial score (nSPS) is 13.0. The molecule has 92 valence electrons. The smallest absolute Gasteiger partial charge is 0.137 e. The van der Waals surface area contributed by atoms with E-state index in [1.54, 1.807) is 6.26 Å². The summed E-state index contributed by atoms with van der Waals surface area (Å²) in [6.07, 6.45) is 1.67. The van der Waals surface area contributed by atoms with Gasteiger partial charge in [0, 0.05) is 5.39 Å². The number of benzene rings is 1. The third-order valence-electron chi connectivity index (χ3n) is 3.16. The van der Waals surface area contributed by atoms with Crippen LogP contribution >= 0.6 is 0 Å². The second-order valence-corrected chi connectivity index (χ2v) is 4.38. The first-order chi connectivity index (χ1) is 8.79. The van der Waals surface area contributed by atoms with Crippen LogP contribution in [0.25, 0.3) is 11.0 Å². The van der Waals surface area contributed by atoms with E-state index >= 15 is 0 Å². The quantitative estimate of drug-likeness (QED) is 0.760. The van der Waals surface area contributed by atoms with Gasteiger partial charge < -0.3 is 14.2 Å². The summed E-state index contributed by atoms with van der Waals surface area (Å²) in [5.74, 6) is 1.73. The number of rotatable bonds is 3. The maximum atomic E-state index is 5.95. The Morgan fingerprint density at radius 3 is 2.67 bits per heavy atom. The molecule has 3 nitrogen and oxygen atoms in total. The molecule has 3 aromatic rings. The van der Waals surface area contributed by atoms with Crippen LogP contribution in [-0.2, 0) is 0 Å². The lowest BCUT2D eigenvalue weighted by Gasteiger charge is -2.09. The highest BCUT2D eigenvalue weighted by Gasteiger charge is 2.19. The first kappa shape index (κ1) is 11.1. The Bertz CT molecular complexity index is 652. The SMILES string of the molecule is CNC(c1ccco1)c1cc2cccc(C)c2o1. The Hall–Kier alpha value is -2.00. The fraction of sp³-hybridized carbons (Fsp3) is 0.200. The van der Waals surface area contributed by atoms with E-state index < -0.39 is 0 Å². The summed E-state index contributed by atoms with van der Waals surface area (Å²) >= 11 is 0. The molecular formula is C15H15NO2. The summed E-state index contributed by atoms with van der Waals surface area (Å²) in [6.45, 7) is 2.05. The van der Waals surface area contributed by atoms with Crippen LogP contribution in [0.15, 0.2) is 51.5 Å². The van der Waals surface area contributed by atoms with Gasteiger partial charge in [-0.1, -0.05) is 18.2 Å². The highest BCUT2D eigenvalue weighted by molar-refractivity contribution is 5.81. The molecule has 2 aromatic heterocycles. The zero-order chi connectivity index (χ0) is 12.5. The minimum atomic E-state index is -0.0493. The summed E-state index contributed by atoms with van der Waals surface area (Å²) in [4.78, 5) is 0. The molecule has 0 saturated heterocycles. The van der Waals surface area contributed by atoms with E-state index in [9.17, 15) is 0 Å². The Kier molecular flexibility index (Phi) is 2.68. The lowest BCUT2D eigenvalue weighted by molar-refractivity contribution is 0.414. The monoisotopic (exact) mass is 241 g/mol. The lowest BCUT2D eigenvalue weighted by atomic mass is 10.1. The summed E-state index contributed by atoms with van der Waals surface area (Å²) in [5.41, 5.74) is 2.09. The summed E-state index contributed by atoms with van der Waals surface area (Å²) in [6, 6.07) is 12.0. The van der Waals surface area contributed by atoms with E-state index in [4.69, 9.17) is 8.83 Å². The maximum Gasteiger partial charge on any atom is 0.137 e. The molecule has 0 aliphatic rings. The highest BCUT2D eigenvalue weighted by atomic mass is 16.4. The van der Waals surface area contributed by atoms with Crippen molar-refractivity contribution in [3.63, 3.8) is 0 Å². The summed E-state index contributed by atoms with van der Waals surface area (Å²) in [7, 11) is 1.90. The summed E-state index contributed by atoms with van der Waals surface area (Å²) < 4.78 is 11.4. The molecule has 0 spiro atoms. The number of hydrogen-bond acceptors (Lipinski definition) is 3. The molecule has 3 heteroatoms. The minimum absolute atomic E-state index is 0.0493. The fourth-order valence-corrected chi connectivity index (χ4v) is 2.25. The number of nitrogens with one attached hydrogen (secondary N) is 1. The predicted octanol–water partition coefficient (Wildman–Crippen LogP) is 3.64. The molecule has 1 aromatic carbocycles. The van der Waals surface area contributed by atoms with Gasteiger partial charge in [0.15, 0.2) is 0 Å². The van der Waals surface area contributed by atoms with Gasteiger partial charge in [-0.15, -0.1) is 0 Å². The molecule has 0 fully saturated rings. The van der Waals surface area contributed by atoms with Crippen LogP contribution in [0.2, 0.25) is 0 Å². The van der Waals surface area contributed by atoms with Crippen molar-refractivity contribution in [1.29, 1.82) is 0 Å². The van der Waals surface area contributed by atoms with Crippen LogP contribution in [0, 0.1) is 6.92 Å². The van der Waals surface area contributed by atoms with Crippen LogP contribution < -0.4 is 5.32 Å². The van der Waals surface area contributed by atoms with Crippen molar-refractivity contribution in [2.24, 2.45) is 0 Å². The minimum Gasteiger partial charge on any atom is -0.467 e. The van der Waals surface area contributed by atoms with E-state index in [0.29, 0.717) is 0 Å². The molecule has 1 N–H and O–H groups in total. The van der Waals surface area contributed by atoms with E-state index in [0.717, 1.165) is 28.1 Å². The van der Waals surface area contributed by atoms with Gasteiger partial charge in [-0.2, -0.15) is 0 Å². The highest BCUT2D eigenvalue weighted by Crippen LogP contribution is 2.29. The van der Waals surface area contributed by atoms with E-state index in [1.807, 2.05) is 25.2 Å². The van der Waals surface area contributed by atoms with Crippen LogP contribution in [0.3, 0.4) is 0 Å². The van der Waals surface area contributed by atoms with Gasteiger partial charge in [-0.25, -0.2) is 0 Å². The average molecular weight is 241 g/mol. The van der Waals surface area contributed by atoms with Crippen LogP contribution in [0.1, 0.15) is 23.1 Å². The molecule has 1 atom stereocenters. The van der Waals surface area contributed by atoms with Crippen LogP contribution in [0.4, 0.5) is 0 Å². The molecule has 0 amide bonds. The Labute approximate surface area is 105 Å². The second-order valence-electron chi connectivity index (χ2n) is 4.38. The maximum absolute atomic E-state index is 5.95. The molecule has 0 bridgehead atoms. The average Bonchev–Trinajstić information content (AvgIpc) is 3.00. The molecule has 0 radical (unpaired) electrons. The van der Waals surface area contributed by atoms with Crippen LogP contribution in [0.5, 0.6) is 0 Å². The van der Waals surface area contributed by atoms with Crippen molar-refractivity contribution in [2.45, 2.75) is 13.0 Å². The molecule has 1 unspecified atom stereocenters. The van der Waals surface area contributed by atoms with Crippen molar-refractivity contribution in [1.82, 2.24) is 5.32 Å². The first-order valence-electron chi connectivity index (χ1n) is 5.99. The Morgan fingerprint density at radius 1 is 1.11 bits per heavy atom. The third-order valence-corrected chi connectivity index (χ3v) is 3.16. The fourth-order valence-electron chi connectivity index (χ4n) is 2.25. The number of fused-ring (bicyclic) bond motifs is 1. The zero-order valence-electron chi connectivity index (χ0n) is 10.4. The van der Waals surface area contributed by atoms with Gasteiger partial charge in [0.05, 0.1) is 6.26 Å². The van der Waals surface area contributed by atoms with Crippen molar-refractivity contribution in [3.05, 3.63) is 59.7 Å². The molecule has 0 aliphatic heterocycles. The van der Waals surface area contributed by atoms with E-state index in [-0.39, 0.29) is 6.04 Å². The third kappa shape index (κ3) is 1.73. The first-order valence-corrected chi connectivity index (χ1v) is 5.99. The Morgan fingerprint density at radius 2 is 2.00 bits per heavy atom. The van der Waals surface area contributed by atoms with Crippen molar-refractivity contribution in [3.8, 4) is 0 Å². The zero-order valence-corrected chi connectivity index (χ0v) is 10.4. The van der Waals surface area contributed by atoms with Gasteiger partial charge in [-0.05, 0) is 37.7 Å². The van der Waals surface area contributed by atoms with Gasteiger partial charge in [0.25, 0.3) is 0 Å². The van der Waals surface area contributed by atoms with Crippen molar-refractivity contribution in [2.75, 3.05) is 7.05 Å². The van der Waals surface area contributed by atoms with E-state index in [2.05, 4.69) is 30.4 Å². The molecule has 2 heterocycles. The van der Waals surface area contributed by atoms with E-state index in [1.165, 1.54) is 0 Å². The molecule has 0 aliphatic carbocycles. The second kappa shape index (κ2) is 4.35. The van der Waals surface area contributed by atoms with Crippen LogP contribution in [-0.4, -0.2) is 7.05 Å². The Balaban J connectivity index is 2.11. The molecule has 18 heavy (non-hydrogen) atoms. The van der Waals surface area contributed by atoms with Gasteiger partial charge in [-0.3, -0.25) is 0 Å². The van der Waals surface area contributed by atoms with Gasteiger partial charge in [0.1, 0.15) is 23.1 Å². The van der Waals surface area contributed by atoms with Crippen molar-refractivity contribution < 1.29 is 8.83 Å². The topological polar surface area (TPSA) is 38.3 Å². The number of aryl methyl sites for hydroxylation is 1. The molecular weight excluding hydrogens is 226 g/mol. The predicted molar refractivity (Wildman–Crippen MR) is 70.6 cm³/mol. The lowest BCUT2D eigenvalue weighted by Crippen LogP contribution is -2.16. The summed E-state index contributed by atoms with van der Waals surface area (Å²) in [5, 5.41) is 4.34. The standard InChI is InChI=1S/C15H15NO2/c1-10-5-3-6-11-9-13(18-15(10)11)14(16-2)12-7-4-8-17-12/h3-9,14,16H,1-2H3. The number of para-hydroxylation sites is 1.